The van der Waals surface area contributed by atoms with Gasteiger partial charge in [0.2, 0.25) is 0 Å². The molecule has 0 amide bonds. The minimum atomic E-state index is -3.92. The highest BCUT2D eigenvalue weighted by Gasteiger charge is 1.96. The zero-order chi connectivity index (χ0) is 26.2. The van der Waals surface area contributed by atoms with Gasteiger partial charge in [0.15, 0.2) is 0 Å². The summed E-state index contributed by atoms with van der Waals surface area (Å²) in [5.74, 6) is 0. The predicted molar refractivity (Wildman–Crippen MR) is 120 cm³/mol. The van der Waals surface area contributed by atoms with Gasteiger partial charge in [-0.1, -0.05) is 0 Å². The fourth-order valence-electron chi connectivity index (χ4n) is 2.03. The van der Waals surface area contributed by atoms with Gasteiger partial charge in [-0.2, -0.15) is 0 Å². The molecule has 0 aromatic heterocycles. The molecule has 0 aromatic carbocycles. The molecule has 18 heteroatoms. The number of nitrogens with two attached hydrogens (primary N) is 3. The molecule has 0 atom stereocenters. The number of quaternary nitrogens is 3. The van der Waals surface area contributed by atoms with E-state index in [2.05, 4.69) is 31.9 Å². The summed E-state index contributed by atoms with van der Waals surface area (Å²) in [4.78, 5) is 0. The van der Waals surface area contributed by atoms with Crippen molar-refractivity contribution in [3.63, 3.8) is 0 Å². The van der Waals surface area contributed by atoms with E-state index < -0.39 is 30.4 Å². The molecule has 204 valence electrons. The average molecular weight is 547 g/mol. The summed E-state index contributed by atoms with van der Waals surface area (Å²) in [7, 11) is -11.8. The largest absolute Gasteiger partial charge is 0.748 e. The Morgan fingerprint density at radius 1 is 0.455 bits per heavy atom. The van der Waals surface area contributed by atoms with Crippen molar-refractivity contribution in [2.24, 2.45) is 0 Å². The molecule has 0 aromatic rings. The Kier molecular flexibility index (Phi) is 26.1. The molecule has 0 spiro atoms. The molecule has 0 bridgehead atoms. The Bertz CT molecular complexity index is 564. The van der Waals surface area contributed by atoms with Crippen molar-refractivity contribution in [1.29, 1.82) is 0 Å². The standard InChI is InChI=1S/3C4H10N2.3CH4O3S/c3*1-2-6-4-3-5-1;3*1-5(2,3)4/h3*5-6H,1-4H2;3*1H3,(H,2,3,4). The molecular weight excluding hydrogens is 504 g/mol. The molecule has 15 nitrogen and oxygen atoms in total. The van der Waals surface area contributed by atoms with Crippen LogP contribution in [0.2, 0.25) is 0 Å². The molecule has 3 rings (SSSR count). The second kappa shape index (κ2) is 23.2. The lowest BCUT2D eigenvalue weighted by Gasteiger charge is -2.07. The van der Waals surface area contributed by atoms with Crippen LogP contribution in [0.4, 0.5) is 0 Å². The fraction of sp³-hybridized carbons (Fsp3) is 1.00. The van der Waals surface area contributed by atoms with Crippen LogP contribution in [0.1, 0.15) is 0 Å². The molecule has 3 aliphatic heterocycles. The molecule has 0 saturated carbocycles. The molecule has 0 unspecified atom stereocenters. The van der Waals surface area contributed by atoms with E-state index in [9.17, 15) is 0 Å². The maximum Gasteiger partial charge on any atom is 0.0916 e. The third-order valence-electron chi connectivity index (χ3n) is 3.15. The van der Waals surface area contributed by atoms with Crippen molar-refractivity contribution in [1.82, 2.24) is 16.0 Å². The van der Waals surface area contributed by atoms with Crippen LogP contribution in [0, 0.1) is 0 Å². The molecule has 3 saturated heterocycles. The van der Waals surface area contributed by atoms with Gasteiger partial charge in [-0.15, -0.1) is 0 Å². The number of nitrogens with one attached hydrogen (secondary N) is 3. The monoisotopic (exact) mass is 546 g/mol. The quantitative estimate of drug-likeness (QED) is 0.155. The van der Waals surface area contributed by atoms with Crippen LogP contribution in [0.15, 0.2) is 0 Å². The van der Waals surface area contributed by atoms with Gasteiger partial charge >= 0.3 is 0 Å². The zero-order valence-corrected chi connectivity index (χ0v) is 22.1. The number of piperazine rings is 3. The zero-order valence-electron chi connectivity index (χ0n) is 19.6. The second-order valence-corrected chi connectivity index (χ2v) is 11.2. The maximum absolute atomic E-state index is 9.08. The smallest absolute Gasteiger partial charge is 0.0916 e. The van der Waals surface area contributed by atoms with Gasteiger partial charge in [-0.25, -0.2) is 25.3 Å². The summed E-state index contributed by atoms with van der Waals surface area (Å²) in [6, 6.07) is 0. The summed E-state index contributed by atoms with van der Waals surface area (Å²) in [5.41, 5.74) is 0. The first-order chi connectivity index (χ1) is 15.0. The predicted octanol–water partition coefficient (Wildman–Crippen LogP) is -8.06. The van der Waals surface area contributed by atoms with Crippen molar-refractivity contribution < 1.29 is 54.9 Å². The number of hydrogen-bond acceptors (Lipinski definition) is 12. The minimum absolute atomic E-state index is 0.604. The lowest BCUT2D eigenvalue weighted by molar-refractivity contribution is -0.657. The Balaban J connectivity index is -0.000000329. The van der Waals surface area contributed by atoms with Gasteiger partial charge in [0.25, 0.3) is 0 Å². The molecule has 33 heavy (non-hydrogen) atoms. The Hall–Kier alpha value is -0.510. The van der Waals surface area contributed by atoms with Gasteiger partial charge in [0, 0.05) is 58.0 Å². The molecular formula is C15H42N6O9S3. The summed E-state index contributed by atoms with van der Waals surface area (Å²) in [5, 5.41) is 16.8. The molecule has 9 N–H and O–H groups in total. The Morgan fingerprint density at radius 2 is 0.576 bits per heavy atom. The molecule has 0 radical (unpaired) electrons. The highest BCUT2D eigenvalue weighted by atomic mass is 32.2. The van der Waals surface area contributed by atoms with E-state index in [-0.39, 0.29) is 0 Å². The van der Waals surface area contributed by atoms with E-state index in [0.717, 1.165) is 0 Å². The average Bonchev–Trinajstić information content (AvgIpc) is 2.69. The van der Waals surface area contributed by atoms with Crippen LogP contribution in [-0.2, 0) is 30.4 Å². The van der Waals surface area contributed by atoms with E-state index in [4.69, 9.17) is 38.9 Å². The molecule has 0 aliphatic carbocycles. The van der Waals surface area contributed by atoms with Crippen LogP contribution in [0.25, 0.3) is 0 Å². The first-order valence-corrected chi connectivity index (χ1v) is 15.7. The maximum atomic E-state index is 9.08. The summed E-state index contributed by atoms with van der Waals surface area (Å²) >= 11 is 0. The van der Waals surface area contributed by atoms with E-state index in [1.807, 2.05) is 0 Å². The molecule has 3 heterocycles. The Labute approximate surface area is 198 Å². The fourth-order valence-corrected chi connectivity index (χ4v) is 2.03. The summed E-state index contributed by atoms with van der Waals surface area (Å²) in [6.45, 7) is 14.8. The second-order valence-electron chi connectivity index (χ2n) is 6.96. The van der Waals surface area contributed by atoms with Gasteiger partial charge in [0.1, 0.15) is 0 Å². The molecule has 3 fully saturated rings. The van der Waals surface area contributed by atoms with E-state index in [0.29, 0.717) is 18.8 Å². The third kappa shape index (κ3) is 89.5. The van der Waals surface area contributed by atoms with Crippen molar-refractivity contribution >= 4 is 30.4 Å². The third-order valence-corrected chi connectivity index (χ3v) is 3.15. The first-order valence-electron chi connectivity index (χ1n) is 10.3. The molecule has 3 aliphatic rings. The van der Waals surface area contributed by atoms with E-state index >= 15 is 0 Å². The van der Waals surface area contributed by atoms with E-state index in [1.54, 1.807) is 0 Å². The first kappa shape index (κ1) is 37.0. The lowest BCUT2D eigenvalue weighted by atomic mass is 10.4. The van der Waals surface area contributed by atoms with Crippen LogP contribution < -0.4 is 31.9 Å². The summed E-state index contributed by atoms with van der Waals surface area (Å²) < 4.78 is 81.7. The number of rotatable bonds is 0. The van der Waals surface area contributed by atoms with Crippen LogP contribution in [0.5, 0.6) is 0 Å². The van der Waals surface area contributed by atoms with Gasteiger partial charge in [-0.05, 0) is 0 Å². The normalized spacial score (nSPS) is 18.4. The number of hydrogen-bond donors (Lipinski definition) is 6. The topological polar surface area (TPSA) is 258 Å². The summed E-state index contributed by atoms with van der Waals surface area (Å²) in [6.07, 6.45) is 1.81. The van der Waals surface area contributed by atoms with Crippen LogP contribution in [-0.4, -0.2) is 136 Å². The van der Waals surface area contributed by atoms with Crippen molar-refractivity contribution in [3.8, 4) is 0 Å². The van der Waals surface area contributed by atoms with Crippen molar-refractivity contribution in [2.75, 3.05) is 97.3 Å². The van der Waals surface area contributed by atoms with Gasteiger partial charge < -0.3 is 45.6 Å². The van der Waals surface area contributed by atoms with E-state index in [1.165, 1.54) is 78.5 Å². The highest BCUT2D eigenvalue weighted by Crippen LogP contribution is 1.61. The van der Waals surface area contributed by atoms with Crippen molar-refractivity contribution in [3.05, 3.63) is 0 Å². The van der Waals surface area contributed by atoms with Crippen LogP contribution >= 0.6 is 0 Å². The highest BCUT2D eigenvalue weighted by molar-refractivity contribution is 7.85. The van der Waals surface area contributed by atoms with Crippen LogP contribution in [0.3, 0.4) is 0 Å². The lowest BCUT2D eigenvalue weighted by Crippen LogP contribution is -2.89. The van der Waals surface area contributed by atoms with Gasteiger partial charge in [0.05, 0.1) is 69.6 Å². The van der Waals surface area contributed by atoms with Crippen molar-refractivity contribution in [2.45, 2.75) is 0 Å². The SMILES string of the molecule is C1C[NH2+]CCN1.C1C[NH2+]CCN1.C1C[NH2+]CCN1.CS(=O)(=O)[O-].CS(=O)(=O)[O-].CS(=O)(=O)[O-]. The minimum Gasteiger partial charge on any atom is -0.748 e. The van der Waals surface area contributed by atoms with Gasteiger partial charge in [-0.3, -0.25) is 0 Å². The Morgan fingerprint density at radius 3 is 0.606 bits per heavy atom.